The van der Waals surface area contributed by atoms with E-state index in [4.69, 9.17) is 0 Å². The van der Waals surface area contributed by atoms with Crippen molar-refractivity contribution in [1.82, 2.24) is 0 Å². The van der Waals surface area contributed by atoms with Gasteiger partial charge in [-0.1, -0.05) is 68.8 Å². The van der Waals surface area contributed by atoms with Crippen LogP contribution in [0.25, 0.3) is 0 Å². The van der Waals surface area contributed by atoms with Gasteiger partial charge in [0.1, 0.15) is 0 Å². The van der Waals surface area contributed by atoms with Gasteiger partial charge in [-0.25, -0.2) is 0 Å². The number of azo groups is 1. The molecule has 0 saturated heterocycles. The van der Waals surface area contributed by atoms with E-state index in [0.717, 1.165) is 16.8 Å². The lowest BCUT2D eigenvalue weighted by molar-refractivity contribution is 1.10. The first-order valence-corrected chi connectivity index (χ1v) is 6.97. The van der Waals surface area contributed by atoms with Gasteiger partial charge in [0.05, 0.1) is 11.4 Å². The van der Waals surface area contributed by atoms with Crippen molar-refractivity contribution in [3.63, 3.8) is 0 Å². The molecule has 0 bridgehead atoms. The summed E-state index contributed by atoms with van der Waals surface area (Å²) in [6, 6.07) is 0. The zero-order chi connectivity index (χ0) is 16.8. The van der Waals surface area contributed by atoms with E-state index in [1.54, 1.807) is 36.5 Å². The standard InChI is InChI=1S/C20H24N2/c1-7-12-16-19(17(6)11-5)20(15-10-4)22-21-18(13-8-2)14-9-3/h7-16H,1-2,4-5H2,3,6H3/b14-9-,16-12-,18-13+,19-17-,20-15+,22-21-. The molecular formula is C20H24N2. The van der Waals surface area contributed by atoms with Crippen LogP contribution in [0.4, 0.5) is 0 Å². The molecule has 114 valence electrons. The molecule has 0 aromatic rings. The number of nitrogens with zero attached hydrogens (tertiary/aromatic N) is 2. The van der Waals surface area contributed by atoms with E-state index in [2.05, 4.69) is 36.5 Å². The molecule has 0 aromatic carbocycles. The first-order valence-electron chi connectivity index (χ1n) is 6.97. The smallest absolute Gasteiger partial charge is 0.0931 e. The van der Waals surface area contributed by atoms with Crippen molar-refractivity contribution in [3.05, 3.63) is 110 Å². The van der Waals surface area contributed by atoms with E-state index in [9.17, 15) is 0 Å². The third kappa shape index (κ3) is 7.15. The fourth-order valence-corrected chi connectivity index (χ4v) is 1.51. The lowest BCUT2D eigenvalue weighted by Gasteiger charge is -2.05. The minimum atomic E-state index is 0.699. The highest BCUT2D eigenvalue weighted by Crippen LogP contribution is 2.20. The highest BCUT2D eigenvalue weighted by atomic mass is 15.1. The molecule has 0 spiro atoms. The summed E-state index contributed by atoms with van der Waals surface area (Å²) in [4.78, 5) is 0. The second-order valence-corrected chi connectivity index (χ2v) is 4.21. The molecule has 0 aromatic heterocycles. The second-order valence-electron chi connectivity index (χ2n) is 4.21. The summed E-state index contributed by atoms with van der Waals surface area (Å²) in [7, 11) is 0. The molecule has 0 saturated carbocycles. The fourth-order valence-electron chi connectivity index (χ4n) is 1.51. The number of allylic oxidation sites excluding steroid dienone is 11. The largest absolute Gasteiger partial charge is 0.151 e. The van der Waals surface area contributed by atoms with Gasteiger partial charge < -0.3 is 0 Å². The molecule has 0 aliphatic heterocycles. The van der Waals surface area contributed by atoms with Crippen molar-refractivity contribution in [1.29, 1.82) is 0 Å². The Morgan fingerprint density at radius 2 is 1.55 bits per heavy atom. The van der Waals surface area contributed by atoms with Gasteiger partial charge in [-0.2, -0.15) is 5.11 Å². The minimum Gasteiger partial charge on any atom is -0.151 e. The van der Waals surface area contributed by atoms with E-state index in [1.165, 1.54) is 0 Å². The molecule has 2 nitrogen and oxygen atoms in total. The van der Waals surface area contributed by atoms with Crippen molar-refractivity contribution in [3.8, 4) is 0 Å². The summed E-state index contributed by atoms with van der Waals surface area (Å²) in [5, 5.41) is 8.58. The monoisotopic (exact) mass is 292 g/mol. The molecular weight excluding hydrogens is 268 g/mol. The Morgan fingerprint density at radius 1 is 0.864 bits per heavy atom. The normalized spacial score (nSPS) is 14.5. The van der Waals surface area contributed by atoms with Crippen LogP contribution < -0.4 is 0 Å². The SMILES string of the molecule is C=C\C=C/C(=C(\C)C=C)C(=C\C=C)/N=N\C(\C=C/C)=C\C=C. The van der Waals surface area contributed by atoms with Gasteiger partial charge >= 0.3 is 0 Å². The Bertz CT molecular complexity index is 591. The molecule has 0 aliphatic carbocycles. The molecule has 0 N–H and O–H groups in total. The van der Waals surface area contributed by atoms with Gasteiger partial charge in [-0.05, 0) is 37.6 Å². The second kappa shape index (κ2) is 12.0. The molecule has 0 amide bonds. The van der Waals surface area contributed by atoms with Crippen LogP contribution >= 0.6 is 0 Å². The molecule has 0 aliphatic rings. The third-order valence-corrected chi connectivity index (χ3v) is 2.58. The van der Waals surface area contributed by atoms with Crippen molar-refractivity contribution >= 4 is 0 Å². The van der Waals surface area contributed by atoms with Crippen molar-refractivity contribution in [2.45, 2.75) is 13.8 Å². The minimum absolute atomic E-state index is 0.699. The average Bonchev–Trinajstić information content (AvgIpc) is 2.52. The summed E-state index contributed by atoms with van der Waals surface area (Å²) in [6.07, 6.45) is 18.0. The quantitative estimate of drug-likeness (QED) is 0.347. The van der Waals surface area contributed by atoms with E-state index >= 15 is 0 Å². The Hall–Kier alpha value is -2.74. The first kappa shape index (κ1) is 19.3. The number of rotatable bonds is 9. The Kier molecular flexibility index (Phi) is 10.5. The van der Waals surface area contributed by atoms with E-state index in [1.807, 2.05) is 38.2 Å². The number of hydrogen-bond donors (Lipinski definition) is 0. The van der Waals surface area contributed by atoms with Gasteiger partial charge in [0.25, 0.3) is 0 Å². The zero-order valence-corrected chi connectivity index (χ0v) is 13.5. The molecule has 22 heavy (non-hydrogen) atoms. The molecule has 0 fully saturated rings. The van der Waals surface area contributed by atoms with E-state index in [0.29, 0.717) is 5.70 Å². The molecule has 0 atom stereocenters. The predicted octanol–water partition coefficient (Wildman–Crippen LogP) is 6.40. The van der Waals surface area contributed by atoms with Crippen LogP contribution in [0.2, 0.25) is 0 Å². The first-order chi connectivity index (χ1) is 10.6. The molecule has 2 heteroatoms. The van der Waals surface area contributed by atoms with Crippen LogP contribution in [-0.4, -0.2) is 0 Å². The Balaban J connectivity index is 5.86. The van der Waals surface area contributed by atoms with Crippen LogP contribution in [0.5, 0.6) is 0 Å². The van der Waals surface area contributed by atoms with Crippen LogP contribution in [0, 0.1) is 0 Å². The maximum absolute atomic E-state index is 4.33. The predicted molar refractivity (Wildman–Crippen MR) is 98.5 cm³/mol. The number of hydrogen-bond acceptors (Lipinski definition) is 2. The van der Waals surface area contributed by atoms with Gasteiger partial charge in [-0.15, -0.1) is 5.11 Å². The zero-order valence-electron chi connectivity index (χ0n) is 13.5. The molecule has 0 heterocycles. The van der Waals surface area contributed by atoms with Crippen LogP contribution in [-0.2, 0) is 0 Å². The van der Waals surface area contributed by atoms with Crippen LogP contribution in [0.1, 0.15) is 13.8 Å². The molecule has 0 radical (unpaired) electrons. The maximum atomic E-state index is 4.33. The van der Waals surface area contributed by atoms with Gasteiger partial charge in [0, 0.05) is 5.57 Å². The fraction of sp³-hybridized carbons (Fsp3) is 0.100. The topological polar surface area (TPSA) is 24.7 Å². The highest BCUT2D eigenvalue weighted by molar-refractivity contribution is 5.47. The molecule has 0 rings (SSSR count). The van der Waals surface area contributed by atoms with Gasteiger partial charge in [0.2, 0.25) is 0 Å². The van der Waals surface area contributed by atoms with Crippen LogP contribution in [0.3, 0.4) is 0 Å². The average molecular weight is 292 g/mol. The Morgan fingerprint density at radius 3 is 2.05 bits per heavy atom. The van der Waals surface area contributed by atoms with Gasteiger partial charge in [0.15, 0.2) is 0 Å². The third-order valence-electron chi connectivity index (χ3n) is 2.58. The summed E-state index contributed by atoms with van der Waals surface area (Å²) >= 11 is 0. The molecule has 0 unspecified atom stereocenters. The van der Waals surface area contributed by atoms with Crippen molar-refractivity contribution < 1.29 is 0 Å². The van der Waals surface area contributed by atoms with Crippen LogP contribution in [0.15, 0.2) is 120 Å². The van der Waals surface area contributed by atoms with Gasteiger partial charge in [-0.3, -0.25) is 0 Å². The lowest BCUT2D eigenvalue weighted by atomic mass is 10.1. The Labute approximate surface area is 134 Å². The summed E-state index contributed by atoms with van der Waals surface area (Å²) in [5.74, 6) is 0. The van der Waals surface area contributed by atoms with E-state index < -0.39 is 0 Å². The maximum Gasteiger partial charge on any atom is 0.0931 e. The summed E-state index contributed by atoms with van der Waals surface area (Å²) in [5.41, 5.74) is 3.32. The highest BCUT2D eigenvalue weighted by Gasteiger charge is 2.03. The van der Waals surface area contributed by atoms with Crippen molar-refractivity contribution in [2.24, 2.45) is 10.2 Å². The van der Waals surface area contributed by atoms with E-state index in [-0.39, 0.29) is 0 Å². The summed E-state index contributed by atoms with van der Waals surface area (Å²) in [6.45, 7) is 18.8. The summed E-state index contributed by atoms with van der Waals surface area (Å²) < 4.78 is 0. The lowest BCUT2D eigenvalue weighted by Crippen LogP contribution is -1.88. The van der Waals surface area contributed by atoms with Crippen molar-refractivity contribution in [2.75, 3.05) is 0 Å².